The van der Waals surface area contributed by atoms with Gasteiger partial charge in [-0.05, 0) is 26.0 Å². The number of aliphatic hydroxyl groups is 1. The zero-order valence-corrected chi connectivity index (χ0v) is 12.3. The number of nitro groups is 1. The number of nitrogens with zero attached hydrogens (tertiary/aromatic N) is 1. The molecule has 22 heavy (non-hydrogen) atoms. The Bertz CT molecular complexity index is 555. The van der Waals surface area contributed by atoms with Gasteiger partial charge in [0.25, 0.3) is 5.60 Å². The van der Waals surface area contributed by atoms with E-state index in [2.05, 4.69) is 0 Å². The molecule has 0 aromatic heterocycles. The number of benzene rings is 1. The molecule has 8 nitrogen and oxygen atoms in total. The molecule has 0 heterocycles. The number of ether oxygens (including phenoxy) is 2. The van der Waals surface area contributed by atoms with E-state index in [1.54, 1.807) is 6.92 Å². The van der Waals surface area contributed by atoms with E-state index in [-0.39, 0.29) is 24.3 Å². The molecule has 1 atom stereocenters. The molecule has 0 amide bonds. The van der Waals surface area contributed by atoms with Gasteiger partial charge in [0, 0.05) is 10.5 Å². The summed E-state index contributed by atoms with van der Waals surface area (Å²) in [4.78, 5) is 33.3. The lowest BCUT2D eigenvalue weighted by atomic mass is 9.93. The molecule has 1 aromatic carbocycles. The molecule has 0 saturated carbocycles. The Morgan fingerprint density at radius 1 is 1.18 bits per heavy atom. The van der Waals surface area contributed by atoms with E-state index in [4.69, 9.17) is 9.47 Å². The highest BCUT2D eigenvalue weighted by Crippen LogP contribution is 2.24. The molecular weight excluding hydrogens is 294 g/mol. The van der Waals surface area contributed by atoms with Gasteiger partial charge in [-0.15, -0.1) is 0 Å². The van der Waals surface area contributed by atoms with E-state index in [0.717, 1.165) is 0 Å². The van der Waals surface area contributed by atoms with Crippen LogP contribution in [-0.2, 0) is 19.9 Å². The van der Waals surface area contributed by atoms with Crippen molar-refractivity contribution in [2.75, 3.05) is 19.8 Å². The normalized spacial score (nSPS) is 13.0. The third kappa shape index (κ3) is 4.01. The van der Waals surface area contributed by atoms with Crippen LogP contribution in [0.5, 0.6) is 0 Å². The summed E-state index contributed by atoms with van der Waals surface area (Å²) >= 11 is 0. The Morgan fingerprint density at radius 2 is 1.73 bits per heavy atom. The molecule has 0 unspecified atom stereocenters. The van der Waals surface area contributed by atoms with Gasteiger partial charge in [0.2, 0.25) is 6.54 Å². The van der Waals surface area contributed by atoms with Gasteiger partial charge in [-0.1, -0.05) is 12.1 Å². The summed E-state index contributed by atoms with van der Waals surface area (Å²) < 4.78 is 9.50. The van der Waals surface area contributed by atoms with Crippen molar-refractivity contribution in [2.24, 2.45) is 0 Å². The number of rotatable bonds is 7. The topological polar surface area (TPSA) is 116 Å². The Hall–Kier alpha value is -2.48. The van der Waals surface area contributed by atoms with Gasteiger partial charge in [0.15, 0.2) is 0 Å². The van der Waals surface area contributed by atoms with Crippen LogP contribution >= 0.6 is 0 Å². The summed E-state index contributed by atoms with van der Waals surface area (Å²) in [6.45, 7) is 2.32. The molecule has 0 saturated heterocycles. The molecule has 120 valence electrons. The van der Waals surface area contributed by atoms with Crippen molar-refractivity contribution in [3.8, 4) is 0 Å². The molecule has 1 N–H and O–H groups in total. The molecular formula is C14H17NO7. The predicted molar refractivity (Wildman–Crippen MR) is 74.8 cm³/mol. The Balaban J connectivity index is 3.12. The van der Waals surface area contributed by atoms with Crippen molar-refractivity contribution in [2.45, 2.75) is 19.4 Å². The smallest absolute Gasteiger partial charge is 0.349 e. The van der Waals surface area contributed by atoms with Crippen molar-refractivity contribution in [3.05, 3.63) is 45.5 Å². The largest absolute Gasteiger partial charge is 0.463 e. The number of hydrogen-bond acceptors (Lipinski definition) is 7. The lowest BCUT2D eigenvalue weighted by Gasteiger charge is -2.22. The fraction of sp³-hybridized carbons (Fsp3) is 0.429. The Labute approximate surface area is 126 Å². The molecule has 0 aliphatic carbocycles. The molecule has 8 heteroatoms. The van der Waals surface area contributed by atoms with Crippen molar-refractivity contribution >= 4 is 11.9 Å². The highest BCUT2D eigenvalue weighted by molar-refractivity contribution is 5.89. The number of hydrogen-bond donors (Lipinski definition) is 1. The van der Waals surface area contributed by atoms with Crippen LogP contribution in [0.25, 0.3) is 0 Å². The molecule has 0 fully saturated rings. The molecule has 1 rings (SSSR count). The minimum atomic E-state index is -2.41. The molecule has 0 bridgehead atoms. The summed E-state index contributed by atoms with van der Waals surface area (Å²) in [6.07, 6.45) is 0. The lowest BCUT2D eigenvalue weighted by Crippen LogP contribution is -2.43. The van der Waals surface area contributed by atoms with Gasteiger partial charge >= 0.3 is 11.9 Å². The maximum atomic E-state index is 11.9. The standard InChI is InChI=1S/C14H17NO7/c1-3-21-12(16)10-5-7-11(8-6-10)14(18,9-15(19)20)13(17)22-4-2/h5-8,18H,3-4,9H2,1-2H3/t14-/m0/s1. The summed E-state index contributed by atoms with van der Waals surface area (Å²) in [6, 6.07) is 5.15. The first-order valence-electron chi connectivity index (χ1n) is 6.64. The molecule has 0 aliphatic heterocycles. The summed E-state index contributed by atoms with van der Waals surface area (Å²) in [5, 5.41) is 21.1. The SMILES string of the molecule is CCOC(=O)c1ccc([C@@](O)(C[N+](=O)[O-])C(=O)OCC)cc1. The van der Waals surface area contributed by atoms with Crippen LogP contribution in [0.1, 0.15) is 29.8 Å². The van der Waals surface area contributed by atoms with E-state index in [1.807, 2.05) is 0 Å². The summed E-state index contributed by atoms with van der Waals surface area (Å²) in [5.74, 6) is -1.68. The van der Waals surface area contributed by atoms with Crippen molar-refractivity contribution in [3.63, 3.8) is 0 Å². The number of carbonyl (C=O) groups is 2. The zero-order valence-electron chi connectivity index (χ0n) is 12.3. The second-order valence-electron chi connectivity index (χ2n) is 4.37. The first-order valence-corrected chi connectivity index (χ1v) is 6.64. The number of esters is 2. The van der Waals surface area contributed by atoms with Gasteiger partial charge < -0.3 is 14.6 Å². The third-order valence-corrected chi connectivity index (χ3v) is 2.84. The van der Waals surface area contributed by atoms with Gasteiger partial charge in [-0.2, -0.15) is 0 Å². The van der Waals surface area contributed by atoms with Crippen molar-refractivity contribution in [1.29, 1.82) is 0 Å². The lowest BCUT2D eigenvalue weighted by molar-refractivity contribution is -0.499. The maximum Gasteiger partial charge on any atom is 0.349 e. The Kier molecular flexibility index (Phi) is 6.00. The first kappa shape index (κ1) is 17.6. The summed E-state index contributed by atoms with van der Waals surface area (Å²) in [5.41, 5.74) is -2.24. The third-order valence-electron chi connectivity index (χ3n) is 2.84. The molecule has 0 radical (unpaired) electrons. The van der Waals surface area contributed by atoms with Crippen LogP contribution in [0.4, 0.5) is 0 Å². The minimum absolute atomic E-state index is 0.0280. The van der Waals surface area contributed by atoms with Gasteiger partial charge in [-0.3, -0.25) is 10.1 Å². The first-order chi connectivity index (χ1) is 10.3. The molecule has 0 aliphatic rings. The van der Waals surface area contributed by atoms with Crippen LogP contribution in [0.2, 0.25) is 0 Å². The molecule has 1 aromatic rings. The van der Waals surface area contributed by atoms with Crippen LogP contribution in [0, 0.1) is 10.1 Å². The van der Waals surface area contributed by atoms with Crippen LogP contribution in [0.3, 0.4) is 0 Å². The quantitative estimate of drug-likeness (QED) is 0.451. The average molecular weight is 311 g/mol. The van der Waals surface area contributed by atoms with E-state index >= 15 is 0 Å². The second kappa shape index (κ2) is 7.51. The van der Waals surface area contributed by atoms with Crippen LogP contribution in [-0.4, -0.2) is 41.7 Å². The average Bonchev–Trinajstić information content (AvgIpc) is 2.47. The van der Waals surface area contributed by atoms with Gasteiger partial charge in [-0.25, -0.2) is 9.59 Å². The monoisotopic (exact) mass is 311 g/mol. The van der Waals surface area contributed by atoms with Gasteiger partial charge in [0.1, 0.15) is 0 Å². The minimum Gasteiger partial charge on any atom is -0.463 e. The Morgan fingerprint density at radius 3 is 2.18 bits per heavy atom. The summed E-state index contributed by atoms with van der Waals surface area (Å²) in [7, 11) is 0. The van der Waals surface area contributed by atoms with Crippen molar-refractivity contribution < 1.29 is 29.1 Å². The van der Waals surface area contributed by atoms with E-state index in [1.165, 1.54) is 31.2 Å². The van der Waals surface area contributed by atoms with Crippen LogP contribution in [0.15, 0.2) is 24.3 Å². The van der Waals surface area contributed by atoms with Gasteiger partial charge in [0.05, 0.1) is 18.8 Å². The highest BCUT2D eigenvalue weighted by Gasteiger charge is 2.45. The maximum absolute atomic E-state index is 11.9. The second-order valence-corrected chi connectivity index (χ2v) is 4.37. The highest BCUT2D eigenvalue weighted by atomic mass is 16.6. The van der Waals surface area contributed by atoms with E-state index < -0.39 is 29.0 Å². The van der Waals surface area contributed by atoms with Crippen molar-refractivity contribution in [1.82, 2.24) is 0 Å². The predicted octanol–water partition coefficient (Wildman–Crippen LogP) is 0.891. The van der Waals surface area contributed by atoms with E-state index in [9.17, 15) is 24.8 Å². The fourth-order valence-corrected chi connectivity index (χ4v) is 1.81. The molecule has 0 spiro atoms. The van der Waals surface area contributed by atoms with Crippen LogP contribution < -0.4 is 0 Å². The van der Waals surface area contributed by atoms with E-state index in [0.29, 0.717) is 0 Å². The zero-order chi connectivity index (χ0) is 16.8. The number of carbonyl (C=O) groups excluding carboxylic acids is 2. The fourth-order valence-electron chi connectivity index (χ4n) is 1.81.